The monoisotopic (exact) mass is 254 g/mol. The van der Waals surface area contributed by atoms with Crippen LogP contribution >= 0.6 is 0 Å². The van der Waals surface area contributed by atoms with Crippen molar-refractivity contribution in [2.24, 2.45) is 0 Å². The van der Waals surface area contributed by atoms with E-state index in [4.69, 9.17) is 0 Å². The van der Waals surface area contributed by atoms with E-state index in [-0.39, 0.29) is 0 Å². The molecule has 2 rings (SSSR count). The van der Waals surface area contributed by atoms with Crippen LogP contribution in [0.4, 0.5) is 0 Å². The minimum absolute atomic E-state index is 0.293. The van der Waals surface area contributed by atoms with Gasteiger partial charge in [0.25, 0.3) is 0 Å². The molecule has 0 unspecified atom stereocenters. The van der Waals surface area contributed by atoms with E-state index in [2.05, 4.69) is 90.1 Å². The first-order valence-corrected chi connectivity index (χ1v) is 6.89. The van der Waals surface area contributed by atoms with Crippen LogP contribution in [0.25, 0.3) is 0 Å². The lowest BCUT2D eigenvalue weighted by molar-refractivity contribution is 0.590. The highest BCUT2D eigenvalue weighted by atomic mass is 14.2. The second kappa shape index (κ2) is 6.56. The first kappa shape index (κ1) is 15.5. The van der Waals surface area contributed by atoms with Crippen LogP contribution in [0.5, 0.6) is 0 Å². The Bertz CT molecular complexity index is 451. The summed E-state index contributed by atoms with van der Waals surface area (Å²) in [5, 5.41) is 0. The van der Waals surface area contributed by atoms with Gasteiger partial charge >= 0.3 is 0 Å². The summed E-state index contributed by atoms with van der Waals surface area (Å²) in [6, 6.07) is 17.1. The van der Waals surface area contributed by atoms with E-state index in [0.29, 0.717) is 5.41 Å². The van der Waals surface area contributed by atoms with Gasteiger partial charge in [-0.15, -0.1) is 0 Å². The fourth-order valence-electron chi connectivity index (χ4n) is 2.14. The van der Waals surface area contributed by atoms with Crippen molar-refractivity contribution in [1.29, 1.82) is 0 Å². The van der Waals surface area contributed by atoms with Crippen LogP contribution in [0.1, 0.15) is 43.0 Å². The van der Waals surface area contributed by atoms with E-state index < -0.39 is 0 Å². The van der Waals surface area contributed by atoms with E-state index in [1.54, 1.807) is 0 Å². The number of benzene rings is 2. The molecule has 2 aromatic carbocycles. The number of hydrogen-bond donors (Lipinski definition) is 0. The summed E-state index contributed by atoms with van der Waals surface area (Å²) >= 11 is 0. The zero-order chi connectivity index (χ0) is 14.5. The van der Waals surface area contributed by atoms with Crippen LogP contribution in [-0.2, 0) is 5.41 Å². The highest BCUT2D eigenvalue weighted by Crippen LogP contribution is 2.20. The zero-order valence-electron chi connectivity index (χ0n) is 13.1. The number of hydrogen-bond acceptors (Lipinski definition) is 0. The highest BCUT2D eigenvalue weighted by molar-refractivity contribution is 5.27. The predicted molar refractivity (Wildman–Crippen MR) is 85.8 cm³/mol. The average molecular weight is 254 g/mol. The fourth-order valence-corrected chi connectivity index (χ4v) is 2.14. The molecule has 0 heterocycles. The summed E-state index contributed by atoms with van der Waals surface area (Å²) in [6.07, 6.45) is 0. The molecule has 0 saturated heterocycles. The number of rotatable bonds is 0. The molecule has 0 heteroatoms. The molecule has 19 heavy (non-hydrogen) atoms. The second-order valence-corrected chi connectivity index (χ2v) is 6.28. The summed E-state index contributed by atoms with van der Waals surface area (Å²) in [4.78, 5) is 0. The molecule has 0 aliphatic rings. The summed E-state index contributed by atoms with van der Waals surface area (Å²) in [6.45, 7) is 13.0. The van der Waals surface area contributed by atoms with Crippen LogP contribution in [0.2, 0.25) is 0 Å². The molecule has 2 aromatic rings. The minimum atomic E-state index is 0.293. The molecule has 0 spiro atoms. The Morgan fingerprint density at radius 3 is 1.26 bits per heavy atom. The maximum atomic E-state index is 2.22. The third kappa shape index (κ3) is 5.74. The molecular weight excluding hydrogens is 228 g/mol. The summed E-state index contributed by atoms with van der Waals surface area (Å²) in [5.41, 5.74) is 5.75. The molecule has 0 aliphatic carbocycles. The van der Waals surface area contributed by atoms with E-state index in [0.717, 1.165) is 0 Å². The molecule has 102 valence electrons. The Morgan fingerprint density at radius 2 is 1.00 bits per heavy atom. The highest BCUT2D eigenvalue weighted by Gasteiger charge is 2.11. The van der Waals surface area contributed by atoms with Crippen LogP contribution < -0.4 is 0 Å². The molecule has 0 saturated carbocycles. The Balaban J connectivity index is 0.000000191. The van der Waals surface area contributed by atoms with Crippen molar-refractivity contribution >= 4 is 0 Å². The van der Waals surface area contributed by atoms with Crippen molar-refractivity contribution < 1.29 is 0 Å². The lowest BCUT2D eigenvalue weighted by Gasteiger charge is -2.18. The smallest absolute Gasteiger partial charge is 0.0132 e. The van der Waals surface area contributed by atoms with Crippen LogP contribution in [0.3, 0.4) is 0 Å². The van der Waals surface area contributed by atoms with Crippen LogP contribution in [0.15, 0.2) is 48.5 Å². The molecule has 0 atom stereocenters. The topological polar surface area (TPSA) is 0 Å². The second-order valence-electron chi connectivity index (χ2n) is 6.28. The van der Waals surface area contributed by atoms with Gasteiger partial charge in [-0.1, -0.05) is 86.0 Å². The molecular formula is C19H26. The normalized spacial score (nSPS) is 10.6. The Kier molecular flexibility index (Phi) is 5.35. The molecule has 0 aromatic heterocycles. The Morgan fingerprint density at radius 1 is 0.632 bits per heavy atom. The van der Waals surface area contributed by atoms with E-state index >= 15 is 0 Å². The Labute approximate surface area is 118 Å². The fraction of sp³-hybridized carbons (Fsp3) is 0.368. The maximum absolute atomic E-state index is 2.22. The third-order valence-electron chi connectivity index (χ3n) is 3.01. The predicted octanol–water partition coefficient (Wildman–Crippen LogP) is 5.60. The molecule has 0 fully saturated rings. The average Bonchev–Trinajstić information content (AvgIpc) is 2.28. The molecule has 0 N–H and O–H groups in total. The SMILES string of the molecule is CC(C)(C)c1ccccc1.Cc1cc(C)cc(C)c1. The Hall–Kier alpha value is -1.56. The van der Waals surface area contributed by atoms with Gasteiger partial charge in [0.05, 0.1) is 0 Å². The van der Waals surface area contributed by atoms with Crippen molar-refractivity contribution in [2.45, 2.75) is 47.0 Å². The van der Waals surface area contributed by atoms with Crippen molar-refractivity contribution in [3.63, 3.8) is 0 Å². The van der Waals surface area contributed by atoms with E-state index in [9.17, 15) is 0 Å². The lowest BCUT2D eigenvalue weighted by atomic mass is 9.87. The summed E-state index contributed by atoms with van der Waals surface area (Å²) in [7, 11) is 0. The molecule has 0 radical (unpaired) electrons. The van der Waals surface area contributed by atoms with E-state index in [1.807, 2.05) is 0 Å². The van der Waals surface area contributed by atoms with Crippen molar-refractivity contribution in [3.05, 3.63) is 70.8 Å². The van der Waals surface area contributed by atoms with Crippen LogP contribution in [-0.4, -0.2) is 0 Å². The largest absolute Gasteiger partial charge is 0.0622 e. The van der Waals surface area contributed by atoms with Gasteiger partial charge in [0.2, 0.25) is 0 Å². The summed E-state index contributed by atoms with van der Waals surface area (Å²) in [5.74, 6) is 0. The maximum Gasteiger partial charge on any atom is -0.0132 e. The standard InChI is InChI=1S/C10H14.C9H12/c1-10(2,3)9-7-5-4-6-8-9;1-7-4-8(2)6-9(3)5-7/h4-8H,1-3H3;4-6H,1-3H3. The van der Waals surface area contributed by atoms with Gasteiger partial charge in [-0.25, -0.2) is 0 Å². The van der Waals surface area contributed by atoms with Crippen molar-refractivity contribution in [1.82, 2.24) is 0 Å². The third-order valence-corrected chi connectivity index (χ3v) is 3.01. The molecule has 0 aliphatic heterocycles. The molecule has 0 nitrogen and oxygen atoms in total. The number of aryl methyl sites for hydroxylation is 3. The van der Waals surface area contributed by atoms with Gasteiger partial charge in [-0.3, -0.25) is 0 Å². The summed E-state index contributed by atoms with van der Waals surface area (Å²) < 4.78 is 0. The lowest BCUT2D eigenvalue weighted by Crippen LogP contribution is -2.10. The molecule has 0 bridgehead atoms. The first-order valence-electron chi connectivity index (χ1n) is 6.89. The van der Waals surface area contributed by atoms with Crippen molar-refractivity contribution in [3.8, 4) is 0 Å². The van der Waals surface area contributed by atoms with Gasteiger partial charge in [-0.2, -0.15) is 0 Å². The zero-order valence-corrected chi connectivity index (χ0v) is 13.1. The quantitative estimate of drug-likeness (QED) is 0.574. The van der Waals surface area contributed by atoms with E-state index in [1.165, 1.54) is 22.3 Å². The van der Waals surface area contributed by atoms with Gasteiger partial charge in [0.1, 0.15) is 0 Å². The first-order chi connectivity index (χ1) is 8.79. The van der Waals surface area contributed by atoms with Gasteiger partial charge in [-0.05, 0) is 31.7 Å². The van der Waals surface area contributed by atoms with Gasteiger partial charge in [0, 0.05) is 0 Å². The van der Waals surface area contributed by atoms with Gasteiger partial charge < -0.3 is 0 Å². The van der Waals surface area contributed by atoms with Crippen LogP contribution in [0, 0.1) is 20.8 Å². The van der Waals surface area contributed by atoms with Crippen molar-refractivity contribution in [2.75, 3.05) is 0 Å². The van der Waals surface area contributed by atoms with Gasteiger partial charge in [0.15, 0.2) is 0 Å². The molecule has 0 amide bonds. The minimum Gasteiger partial charge on any atom is -0.0622 e.